The number of hydrogen-bond acceptors (Lipinski definition) is 6. The highest BCUT2D eigenvalue weighted by atomic mass is 79.9. The Morgan fingerprint density at radius 1 is 1.18 bits per heavy atom. The first-order chi connectivity index (χ1) is 16.5. The molecule has 7 nitrogen and oxygen atoms in total. The maximum absolute atomic E-state index is 13.3. The van der Waals surface area contributed by atoms with Gasteiger partial charge >= 0.3 is 0 Å². The molecule has 0 fully saturated rings. The summed E-state index contributed by atoms with van der Waals surface area (Å²) < 4.78 is 13.4. The van der Waals surface area contributed by atoms with E-state index >= 15 is 0 Å². The lowest BCUT2D eigenvalue weighted by Gasteiger charge is -2.08. The van der Waals surface area contributed by atoms with Gasteiger partial charge in [0.15, 0.2) is 12.4 Å². The van der Waals surface area contributed by atoms with Gasteiger partial charge in [-0.2, -0.15) is 15.0 Å². The average Bonchev–Trinajstić information content (AvgIpc) is 3.26. The molecule has 0 saturated carbocycles. The molecule has 5 rings (SSSR count). The number of aromatic nitrogens is 2. The maximum Gasteiger partial charge on any atom is 0.282 e. The van der Waals surface area contributed by atoms with Gasteiger partial charge in [-0.05, 0) is 60.2 Å². The average molecular weight is 534 g/mol. The quantitative estimate of drug-likeness (QED) is 0.258. The monoisotopic (exact) mass is 532 g/mol. The zero-order chi connectivity index (χ0) is 23.7. The minimum Gasteiger partial charge on any atom is -0.477 e. The van der Waals surface area contributed by atoms with Crippen LogP contribution in [0.25, 0.3) is 33.5 Å². The van der Waals surface area contributed by atoms with Crippen LogP contribution in [0, 0.1) is 11.3 Å². The molecule has 0 aliphatic heterocycles. The first-order valence-corrected chi connectivity index (χ1v) is 11.3. The van der Waals surface area contributed by atoms with Gasteiger partial charge in [0.25, 0.3) is 5.56 Å². The Labute approximate surface area is 206 Å². The van der Waals surface area contributed by atoms with E-state index in [1.807, 2.05) is 36.4 Å². The third-order valence-electron chi connectivity index (χ3n) is 5.02. The van der Waals surface area contributed by atoms with Crippen LogP contribution in [0.15, 0.2) is 85.5 Å². The number of ether oxygens (including phenoxy) is 1. The molecule has 166 valence electrons. The van der Waals surface area contributed by atoms with Gasteiger partial charge in [-0.1, -0.05) is 39.7 Å². The van der Waals surface area contributed by atoms with Crippen molar-refractivity contribution in [3.05, 3.63) is 92.1 Å². The number of fused-ring (bicyclic) bond motifs is 2. The van der Waals surface area contributed by atoms with Gasteiger partial charge in [0.1, 0.15) is 17.4 Å². The van der Waals surface area contributed by atoms with Crippen LogP contribution in [-0.2, 0) is 0 Å². The molecule has 0 N–H and O–H groups in total. The van der Waals surface area contributed by atoms with E-state index in [4.69, 9.17) is 26.0 Å². The Kier molecular flexibility index (Phi) is 5.88. The number of nitriles is 1. The van der Waals surface area contributed by atoms with Crippen LogP contribution in [0.2, 0.25) is 5.02 Å². The zero-order valence-corrected chi connectivity index (χ0v) is 19.7. The number of rotatable bonds is 5. The van der Waals surface area contributed by atoms with Crippen molar-refractivity contribution in [3.8, 4) is 23.4 Å². The Morgan fingerprint density at radius 2 is 2.03 bits per heavy atom. The van der Waals surface area contributed by atoms with Gasteiger partial charge in [0.05, 0.1) is 22.1 Å². The molecule has 0 spiro atoms. The minimum atomic E-state index is -0.335. The summed E-state index contributed by atoms with van der Waals surface area (Å²) >= 11 is 9.71. The molecule has 2 aromatic heterocycles. The summed E-state index contributed by atoms with van der Waals surface area (Å²) in [6, 6.07) is 21.4. The number of nitrogens with zero attached hydrogens (tertiary/aromatic N) is 4. The predicted octanol–water partition coefficient (Wildman–Crippen LogP) is 6.01. The van der Waals surface area contributed by atoms with E-state index in [1.54, 1.807) is 36.4 Å². The summed E-state index contributed by atoms with van der Waals surface area (Å²) in [6.07, 6.45) is 1.50. The molecule has 0 aliphatic carbocycles. The molecule has 0 bridgehead atoms. The molecule has 0 saturated heterocycles. The number of halogens is 2. The van der Waals surface area contributed by atoms with Crippen LogP contribution in [0.3, 0.4) is 0 Å². The minimum absolute atomic E-state index is 0.108. The number of hydrogen-bond donors (Lipinski definition) is 0. The number of benzene rings is 3. The van der Waals surface area contributed by atoms with Crippen LogP contribution in [0.5, 0.6) is 5.75 Å². The summed E-state index contributed by atoms with van der Waals surface area (Å²) in [5.74, 6) is 1.07. The van der Waals surface area contributed by atoms with Crippen molar-refractivity contribution < 1.29 is 9.15 Å². The highest BCUT2D eigenvalue weighted by Gasteiger charge is 2.16. The first-order valence-electron chi connectivity index (χ1n) is 10.1. The lowest BCUT2D eigenvalue weighted by molar-refractivity contribution is 0.368. The van der Waals surface area contributed by atoms with Crippen LogP contribution in [-0.4, -0.2) is 22.5 Å². The highest BCUT2D eigenvalue weighted by Crippen LogP contribution is 2.29. The van der Waals surface area contributed by atoms with Gasteiger partial charge in [0, 0.05) is 9.86 Å². The summed E-state index contributed by atoms with van der Waals surface area (Å²) in [7, 11) is 0. The molecule has 3 aromatic carbocycles. The molecule has 0 radical (unpaired) electrons. The molecular formula is C25H14BrClN4O3. The Balaban J connectivity index is 1.64. The maximum atomic E-state index is 13.3. The van der Waals surface area contributed by atoms with E-state index in [0.29, 0.717) is 38.6 Å². The molecule has 5 aromatic rings. The fourth-order valence-electron chi connectivity index (χ4n) is 3.46. The van der Waals surface area contributed by atoms with E-state index in [1.165, 1.54) is 10.9 Å². The Hall–Kier alpha value is -3.93. The van der Waals surface area contributed by atoms with E-state index in [-0.39, 0.29) is 18.0 Å². The van der Waals surface area contributed by atoms with Crippen LogP contribution < -0.4 is 10.3 Å². The Bertz CT molecular complexity index is 1680. The molecule has 0 aliphatic rings. The molecule has 0 unspecified atom stereocenters. The standard InChI is InChI=1S/C25H14BrClN4O3/c26-17-6-8-21-16(12-17)13-23(34-21)24-30-20-4-2-1-3-18(20)25(32)31(24)29-14-15-5-7-22(19(27)11-15)33-10-9-28/h1-8,11-14H,10H2. The van der Waals surface area contributed by atoms with Gasteiger partial charge < -0.3 is 9.15 Å². The molecule has 34 heavy (non-hydrogen) atoms. The van der Waals surface area contributed by atoms with Crippen molar-refractivity contribution in [2.45, 2.75) is 0 Å². The Morgan fingerprint density at radius 3 is 2.85 bits per heavy atom. The van der Waals surface area contributed by atoms with Crippen molar-refractivity contribution >= 4 is 55.6 Å². The topological polar surface area (TPSA) is 93.4 Å². The second-order valence-electron chi connectivity index (χ2n) is 7.24. The molecule has 2 heterocycles. The largest absolute Gasteiger partial charge is 0.477 e. The molecule has 9 heteroatoms. The third kappa shape index (κ3) is 4.19. The van der Waals surface area contributed by atoms with E-state index in [2.05, 4.69) is 26.0 Å². The van der Waals surface area contributed by atoms with Gasteiger partial charge in [-0.3, -0.25) is 4.79 Å². The number of para-hydroxylation sites is 1. The molecule has 0 amide bonds. The van der Waals surface area contributed by atoms with E-state index < -0.39 is 0 Å². The van der Waals surface area contributed by atoms with Crippen LogP contribution in [0.4, 0.5) is 0 Å². The lowest BCUT2D eigenvalue weighted by Crippen LogP contribution is -2.20. The third-order valence-corrected chi connectivity index (χ3v) is 5.81. The fourth-order valence-corrected chi connectivity index (χ4v) is 4.09. The van der Waals surface area contributed by atoms with Crippen molar-refractivity contribution in [1.29, 1.82) is 5.26 Å². The second-order valence-corrected chi connectivity index (χ2v) is 8.57. The van der Waals surface area contributed by atoms with E-state index in [9.17, 15) is 4.79 Å². The van der Waals surface area contributed by atoms with Gasteiger partial charge in [0.2, 0.25) is 5.82 Å². The zero-order valence-electron chi connectivity index (χ0n) is 17.4. The van der Waals surface area contributed by atoms with Crippen molar-refractivity contribution in [1.82, 2.24) is 9.66 Å². The molecule has 0 atom stereocenters. The second kappa shape index (κ2) is 9.14. The lowest BCUT2D eigenvalue weighted by atomic mass is 10.2. The van der Waals surface area contributed by atoms with Gasteiger partial charge in [-0.25, -0.2) is 4.98 Å². The van der Waals surface area contributed by atoms with Gasteiger partial charge in [-0.15, -0.1) is 0 Å². The van der Waals surface area contributed by atoms with Crippen LogP contribution in [0.1, 0.15) is 5.56 Å². The summed E-state index contributed by atoms with van der Waals surface area (Å²) in [5.41, 5.74) is 1.50. The summed E-state index contributed by atoms with van der Waals surface area (Å²) in [6.45, 7) is -0.108. The first kappa shape index (κ1) is 21.9. The molecular weight excluding hydrogens is 520 g/mol. The van der Waals surface area contributed by atoms with Crippen molar-refractivity contribution in [3.63, 3.8) is 0 Å². The number of furan rings is 1. The van der Waals surface area contributed by atoms with Crippen molar-refractivity contribution in [2.75, 3.05) is 6.61 Å². The van der Waals surface area contributed by atoms with Crippen molar-refractivity contribution in [2.24, 2.45) is 5.10 Å². The van der Waals surface area contributed by atoms with E-state index in [0.717, 1.165) is 9.86 Å². The SMILES string of the molecule is N#CCOc1ccc(C=Nn2c(-c3cc4cc(Br)ccc4o3)nc3ccccc3c2=O)cc1Cl. The normalized spacial score (nSPS) is 11.3. The predicted molar refractivity (Wildman–Crippen MR) is 134 cm³/mol. The highest BCUT2D eigenvalue weighted by molar-refractivity contribution is 9.10. The fraction of sp³-hybridized carbons (Fsp3) is 0.0400. The summed E-state index contributed by atoms with van der Waals surface area (Å²) in [5, 5.41) is 14.7. The summed E-state index contributed by atoms with van der Waals surface area (Å²) in [4.78, 5) is 18.0. The smallest absolute Gasteiger partial charge is 0.282 e. The van der Waals surface area contributed by atoms with Crippen LogP contribution >= 0.6 is 27.5 Å².